The summed E-state index contributed by atoms with van der Waals surface area (Å²) in [5.41, 5.74) is 5.17. The predicted molar refractivity (Wildman–Crippen MR) is 61.5 cm³/mol. The summed E-state index contributed by atoms with van der Waals surface area (Å²) in [6.07, 6.45) is 0.110. The molecule has 0 aliphatic heterocycles. The molecule has 0 bridgehead atoms. The number of anilines is 1. The van der Waals surface area contributed by atoms with Crippen molar-refractivity contribution in [3.8, 4) is 0 Å². The molecular weight excluding hydrogens is 209 g/mol. The Labute approximate surface area is 91.4 Å². The molecule has 0 aliphatic rings. The molecule has 0 fully saturated rings. The standard InChI is InChI=1S/C11H16NO2P/c1-7-5-8(2)10(6-15(13)14)11(12-4)9(7)3/h5,12H,6H2,1-4H3. The maximum absolute atomic E-state index is 10.8. The van der Waals surface area contributed by atoms with Crippen molar-refractivity contribution in [2.75, 3.05) is 12.4 Å². The average molecular weight is 225 g/mol. The van der Waals surface area contributed by atoms with Gasteiger partial charge in [0.25, 0.3) is 0 Å². The lowest BCUT2D eigenvalue weighted by Gasteiger charge is -2.15. The number of rotatable bonds is 3. The zero-order valence-corrected chi connectivity index (χ0v) is 10.4. The summed E-state index contributed by atoms with van der Waals surface area (Å²) in [6.45, 7) is 5.98. The van der Waals surface area contributed by atoms with Crippen molar-refractivity contribution in [2.24, 2.45) is 0 Å². The maximum Gasteiger partial charge on any atom is 0.313 e. The molecule has 4 heteroatoms. The van der Waals surface area contributed by atoms with Gasteiger partial charge in [-0.15, -0.1) is 0 Å². The highest BCUT2D eigenvalue weighted by atomic mass is 31.1. The molecule has 0 saturated heterocycles. The van der Waals surface area contributed by atoms with Gasteiger partial charge in [0.1, 0.15) is 0 Å². The third-order valence-electron chi connectivity index (χ3n) is 2.71. The van der Waals surface area contributed by atoms with E-state index in [2.05, 4.69) is 5.32 Å². The molecule has 1 aromatic carbocycles. The van der Waals surface area contributed by atoms with Crippen LogP contribution in [0.5, 0.6) is 0 Å². The summed E-state index contributed by atoms with van der Waals surface area (Å²) in [5.74, 6) is 0. The zero-order chi connectivity index (χ0) is 11.6. The lowest BCUT2D eigenvalue weighted by molar-refractivity contribution is -0.164. The number of nitrogens with one attached hydrogen (secondary N) is 1. The van der Waals surface area contributed by atoms with Crippen molar-refractivity contribution in [3.05, 3.63) is 28.3 Å². The number of aryl methyl sites for hydroxylation is 2. The zero-order valence-electron chi connectivity index (χ0n) is 9.55. The predicted octanol–water partition coefficient (Wildman–Crippen LogP) is 2.26. The molecular formula is C11H16NO2P. The lowest BCUT2D eigenvalue weighted by atomic mass is 9.99. The number of benzene rings is 1. The Morgan fingerprint density at radius 1 is 1.33 bits per heavy atom. The third kappa shape index (κ3) is 2.55. The van der Waals surface area contributed by atoms with Crippen molar-refractivity contribution in [2.45, 2.75) is 26.9 Å². The van der Waals surface area contributed by atoms with Crippen LogP contribution in [0, 0.1) is 20.8 Å². The minimum Gasteiger partial charge on any atom is -0.595 e. The van der Waals surface area contributed by atoms with E-state index in [1.807, 2.05) is 33.9 Å². The van der Waals surface area contributed by atoms with E-state index in [-0.39, 0.29) is 6.16 Å². The normalized spacial score (nSPS) is 11.4. The van der Waals surface area contributed by atoms with E-state index in [1.54, 1.807) is 0 Å². The molecule has 0 saturated carbocycles. The van der Waals surface area contributed by atoms with Crippen molar-refractivity contribution < 1.29 is 9.46 Å². The largest absolute Gasteiger partial charge is 0.595 e. The van der Waals surface area contributed by atoms with Crippen LogP contribution in [0.4, 0.5) is 5.69 Å². The molecule has 0 heterocycles. The molecule has 0 radical (unpaired) electrons. The lowest BCUT2D eigenvalue weighted by Crippen LogP contribution is -2.03. The second-order valence-corrected chi connectivity index (χ2v) is 4.71. The van der Waals surface area contributed by atoms with Gasteiger partial charge in [0.05, 0.1) is 0 Å². The van der Waals surface area contributed by atoms with E-state index < -0.39 is 8.03 Å². The summed E-state index contributed by atoms with van der Waals surface area (Å²) in [5, 5.41) is 3.08. The van der Waals surface area contributed by atoms with Gasteiger partial charge in [-0.25, -0.2) is 0 Å². The summed E-state index contributed by atoms with van der Waals surface area (Å²) in [7, 11) is -0.555. The summed E-state index contributed by atoms with van der Waals surface area (Å²) < 4.78 is 10.8. The molecule has 0 aliphatic carbocycles. The van der Waals surface area contributed by atoms with Gasteiger partial charge in [-0.1, -0.05) is 10.6 Å². The first kappa shape index (κ1) is 12.2. The summed E-state index contributed by atoms with van der Waals surface area (Å²) in [4.78, 5) is 10.8. The summed E-state index contributed by atoms with van der Waals surface area (Å²) in [6, 6.07) is 2.03. The maximum atomic E-state index is 10.8. The first-order valence-electron chi connectivity index (χ1n) is 4.86. The van der Waals surface area contributed by atoms with E-state index in [0.29, 0.717) is 0 Å². The summed E-state index contributed by atoms with van der Waals surface area (Å²) >= 11 is 0. The molecule has 0 aromatic heterocycles. The highest BCUT2D eigenvalue weighted by molar-refractivity contribution is 7.35. The van der Waals surface area contributed by atoms with Gasteiger partial charge in [0, 0.05) is 18.3 Å². The molecule has 15 heavy (non-hydrogen) atoms. The van der Waals surface area contributed by atoms with Crippen molar-refractivity contribution >= 4 is 13.7 Å². The highest BCUT2D eigenvalue weighted by Crippen LogP contribution is 2.31. The van der Waals surface area contributed by atoms with Crippen molar-refractivity contribution in [1.29, 1.82) is 0 Å². The van der Waals surface area contributed by atoms with E-state index in [4.69, 9.17) is 0 Å². The SMILES string of the molecule is CNc1c(C)c(C)cc(C)c1C[P+](=O)[O-]. The Hall–Kier alpha value is -0.920. The Balaban J connectivity index is 3.35. The van der Waals surface area contributed by atoms with Gasteiger partial charge in [-0.3, -0.25) is 0 Å². The molecule has 1 atom stereocenters. The quantitative estimate of drug-likeness (QED) is 0.803. The Kier molecular flexibility index (Phi) is 3.83. The highest BCUT2D eigenvalue weighted by Gasteiger charge is 2.15. The number of hydrogen-bond donors (Lipinski definition) is 1. The fourth-order valence-corrected chi connectivity index (χ4v) is 2.48. The van der Waals surface area contributed by atoms with E-state index >= 15 is 0 Å². The van der Waals surface area contributed by atoms with Crippen LogP contribution in [0.25, 0.3) is 0 Å². The minimum atomic E-state index is -2.38. The van der Waals surface area contributed by atoms with Crippen LogP contribution in [0.3, 0.4) is 0 Å². The Morgan fingerprint density at radius 3 is 2.40 bits per heavy atom. The fourth-order valence-electron chi connectivity index (χ4n) is 1.81. The molecule has 3 nitrogen and oxygen atoms in total. The second-order valence-electron chi connectivity index (χ2n) is 3.73. The van der Waals surface area contributed by atoms with E-state index in [1.165, 1.54) is 5.56 Å². The first-order valence-corrected chi connectivity index (χ1v) is 6.23. The molecule has 1 N–H and O–H groups in total. The topological polar surface area (TPSA) is 52.2 Å². The van der Waals surface area contributed by atoms with Crippen LogP contribution in [0.1, 0.15) is 22.3 Å². The van der Waals surface area contributed by atoms with E-state index in [0.717, 1.165) is 22.4 Å². The minimum absolute atomic E-state index is 0.110. The smallest absolute Gasteiger partial charge is 0.313 e. The molecule has 1 rings (SSSR count). The Morgan fingerprint density at radius 2 is 1.93 bits per heavy atom. The van der Waals surface area contributed by atoms with Crippen LogP contribution >= 0.6 is 8.03 Å². The van der Waals surface area contributed by atoms with Gasteiger partial charge < -0.3 is 10.2 Å². The molecule has 1 unspecified atom stereocenters. The van der Waals surface area contributed by atoms with Gasteiger partial charge in [-0.05, 0) is 37.5 Å². The van der Waals surface area contributed by atoms with Gasteiger partial charge in [-0.2, -0.15) is 0 Å². The fraction of sp³-hybridized carbons (Fsp3) is 0.455. The average Bonchev–Trinajstić information content (AvgIpc) is 2.14. The molecule has 82 valence electrons. The van der Waals surface area contributed by atoms with Gasteiger partial charge >= 0.3 is 8.03 Å². The van der Waals surface area contributed by atoms with Crippen LogP contribution in [0.15, 0.2) is 6.07 Å². The van der Waals surface area contributed by atoms with Crippen molar-refractivity contribution in [3.63, 3.8) is 0 Å². The molecule has 0 spiro atoms. The number of hydrogen-bond acceptors (Lipinski definition) is 3. The van der Waals surface area contributed by atoms with Crippen LogP contribution in [0.2, 0.25) is 0 Å². The monoisotopic (exact) mass is 225 g/mol. The van der Waals surface area contributed by atoms with Crippen LogP contribution < -0.4 is 10.2 Å². The Bertz CT molecular complexity index is 402. The van der Waals surface area contributed by atoms with E-state index in [9.17, 15) is 9.46 Å². The first-order chi connectivity index (χ1) is 6.97. The second kappa shape index (κ2) is 4.73. The van der Waals surface area contributed by atoms with Crippen LogP contribution in [-0.4, -0.2) is 7.05 Å². The van der Waals surface area contributed by atoms with Crippen molar-refractivity contribution in [1.82, 2.24) is 0 Å². The van der Waals surface area contributed by atoms with Crippen LogP contribution in [-0.2, 0) is 10.7 Å². The third-order valence-corrected chi connectivity index (χ3v) is 3.29. The molecule has 0 amide bonds. The molecule has 1 aromatic rings. The van der Waals surface area contributed by atoms with Gasteiger partial charge in [0.15, 0.2) is 6.16 Å². The van der Waals surface area contributed by atoms with Gasteiger partial charge in [0.2, 0.25) is 0 Å².